The Balaban J connectivity index is 1.67. The molecule has 7 heteroatoms. The van der Waals surface area contributed by atoms with Gasteiger partial charge in [-0.2, -0.15) is 8.42 Å². The van der Waals surface area contributed by atoms with E-state index in [1.54, 1.807) is 6.92 Å². The maximum absolute atomic E-state index is 12.3. The number of rotatable bonds is 5. The molecular formula is C15H20O6S. The molecule has 0 spiro atoms. The van der Waals surface area contributed by atoms with Gasteiger partial charge in [0.1, 0.15) is 0 Å². The van der Waals surface area contributed by atoms with Gasteiger partial charge in [-0.3, -0.25) is 8.98 Å². The molecule has 3 fully saturated rings. The topological polar surface area (TPSA) is 86.7 Å². The van der Waals surface area contributed by atoms with Crippen molar-refractivity contribution in [2.24, 2.45) is 23.7 Å². The van der Waals surface area contributed by atoms with Gasteiger partial charge in [0.2, 0.25) is 0 Å². The van der Waals surface area contributed by atoms with Gasteiger partial charge < -0.3 is 4.74 Å². The zero-order valence-corrected chi connectivity index (χ0v) is 13.5. The quantitative estimate of drug-likeness (QED) is 0.426. The molecule has 0 N–H and O–H groups in total. The first-order chi connectivity index (χ1) is 10.2. The summed E-state index contributed by atoms with van der Waals surface area (Å²) in [5, 5.41) is -0.387. The predicted octanol–water partition coefficient (Wildman–Crippen LogP) is 1.06. The molecule has 5 unspecified atom stereocenters. The molecule has 2 bridgehead atoms. The normalized spacial score (nSPS) is 38.7. The van der Waals surface area contributed by atoms with Crippen molar-refractivity contribution in [3.05, 3.63) is 12.2 Å². The van der Waals surface area contributed by atoms with Crippen LogP contribution >= 0.6 is 0 Å². The number of hydrogen-bond acceptors (Lipinski definition) is 6. The molecule has 0 amide bonds. The molecule has 0 aromatic carbocycles. The Labute approximate surface area is 130 Å². The molecule has 3 aliphatic rings. The first-order valence-electron chi connectivity index (χ1n) is 7.50. The average molecular weight is 328 g/mol. The van der Waals surface area contributed by atoms with Gasteiger partial charge in [-0.1, -0.05) is 13.5 Å². The highest BCUT2D eigenvalue weighted by atomic mass is 32.2. The van der Waals surface area contributed by atoms with Gasteiger partial charge in [0, 0.05) is 17.4 Å². The summed E-state index contributed by atoms with van der Waals surface area (Å²) < 4.78 is 34.0. The van der Waals surface area contributed by atoms with Crippen LogP contribution in [0.5, 0.6) is 0 Å². The number of esters is 1. The van der Waals surface area contributed by atoms with E-state index < -0.39 is 16.1 Å². The van der Waals surface area contributed by atoms with Crippen LogP contribution in [0.1, 0.15) is 26.7 Å². The van der Waals surface area contributed by atoms with Gasteiger partial charge in [-0.05, 0) is 31.6 Å². The lowest BCUT2D eigenvalue weighted by Gasteiger charge is -2.29. The van der Waals surface area contributed by atoms with Crippen LogP contribution in [-0.4, -0.2) is 38.1 Å². The predicted molar refractivity (Wildman–Crippen MR) is 77.2 cm³/mol. The van der Waals surface area contributed by atoms with Crippen LogP contribution < -0.4 is 0 Å². The molecule has 0 aromatic rings. The van der Waals surface area contributed by atoms with Crippen molar-refractivity contribution in [3.63, 3.8) is 0 Å². The van der Waals surface area contributed by atoms with Gasteiger partial charge in [-0.15, -0.1) is 0 Å². The molecule has 3 rings (SSSR count). The molecule has 1 aliphatic heterocycles. The Morgan fingerprint density at radius 3 is 2.68 bits per heavy atom. The highest BCUT2D eigenvalue weighted by Crippen LogP contribution is 2.59. The number of ether oxygens (including phenoxy) is 1. The van der Waals surface area contributed by atoms with Gasteiger partial charge in [0.05, 0.1) is 11.4 Å². The van der Waals surface area contributed by atoms with E-state index in [2.05, 4.69) is 6.58 Å². The Bertz CT molecular complexity index is 636. The van der Waals surface area contributed by atoms with Crippen molar-refractivity contribution < 1.29 is 26.9 Å². The lowest BCUT2D eigenvalue weighted by Crippen LogP contribution is -2.37. The molecule has 1 heterocycles. The summed E-state index contributed by atoms with van der Waals surface area (Å²) in [6, 6.07) is 0. The number of ketones is 1. The Morgan fingerprint density at radius 1 is 1.36 bits per heavy atom. The minimum absolute atomic E-state index is 0.0215. The van der Waals surface area contributed by atoms with Crippen molar-refractivity contribution in [2.45, 2.75) is 38.0 Å². The third kappa shape index (κ3) is 2.31. The second-order valence-electron chi connectivity index (χ2n) is 6.68. The maximum Gasteiger partial charge on any atom is 0.333 e. The highest BCUT2D eigenvalue weighted by Gasteiger charge is 2.65. The fraction of sp³-hybridized carbons (Fsp3) is 0.733. The van der Waals surface area contributed by atoms with Crippen LogP contribution in [0.25, 0.3) is 0 Å². The molecule has 0 aromatic heterocycles. The van der Waals surface area contributed by atoms with Crippen LogP contribution in [0.4, 0.5) is 0 Å². The second kappa shape index (κ2) is 5.16. The van der Waals surface area contributed by atoms with E-state index in [1.807, 2.05) is 0 Å². The zero-order valence-electron chi connectivity index (χ0n) is 12.7. The van der Waals surface area contributed by atoms with Crippen molar-refractivity contribution in [1.82, 2.24) is 0 Å². The fourth-order valence-electron chi connectivity index (χ4n) is 4.28. The Hall–Kier alpha value is -1.21. The fourth-order valence-corrected chi connectivity index (χ4v) is 6.18. The van der Waals surface area contributed by atoms with E-state index in [-0.39, 0.29) is 53.0 Å². The zero-order chi connectivity index (χ0) is 16.2. The summed E-state index contributed by atoms with van der Waals surface area (Å²) in [6.45, 7) is 6.45. The number of Topliss-reactive ketones (excluding diaryl/α,β-unsaturated/α-hetero) is 1. The first kappa shape index (κ1) is 15.7. The third-order valence-corrected chi connectivity index (χ3v) is 7.10. The minimum Gasteiger partial charge on any atom is -0.454 e. The van der Waals surface area contributed by atoms with Crippen molar-refractivity contribution in [1.29, 1.82) is 0 Å². The van der Waals surface area contributed by atoms with Crippen LogP contribution in [0.2, 0.25) is 0 Å². The lowest BCUT2D eigenvalue weighted by atomic mass is 9.76. The summed E-state index contributed by atoms with van der Waals surface area (Å²) in [5.41, 5.74) is 0.244. The summed E-state index contributed by atoms with van der Waals surface area (Å²) in [7, 11) is -3.47. The monoisotopic (exact) mass is 328 g/mol. The van der Waals surface area contributed by atoms with Crippen LogP contribution in [-0.2, 0) is 28.6 Å². The Morgan fingerprint density at radius 2 is 2.05 bits per heavy atom. The van der Waals surface area contributed by atoms with Crippen LogP contribution in [0.3, 0.4) is 0 Å². The van der Waals surface area contributed by atoms with E-state index >= 15 is 0 Å². The van der Waals surface area contributed by atoms with E-state index in [4.69, 9.17) is 8.92 Å². The SMILES string of the molecule is C=C(C)C(=O)OCC(=O)[C@H](C)C1C2CC3C1OS(=O)(=O)C3C2. The second-order valence-corrected chi connectivity index (χ2v) is 8.46. The largest absolute Gasteiger partial charge is 0.454 e. The molecule has 122 valence electrons. The Kier molecular flexibility index (Phi) is 3.68. The number of carbonyl (C=O) groups is 2. The van der Waals surface area contributed by atoms with Crippen LogP contribution in [0, 0.1) is 23.7 Å². The molecule has 2 aliphatic carbocycles. The number of carbonyl (C=O) groups excluding carboxylic acids is 2. The summed E-state index contributed by atoms with van der Waals surface area (Å²) >= 11 is 0. The maximum atomic E-state index is 12.3. The smallest absolute Gasteiger partial charge is 0.333 e. The molecule has 2 saturated carbocycles. The number of hydrogen-bond donors (Lipinski definition) is 0. The molecule has 22 heavy (non-hydrogen) atoms. The van der Waals surface area contributed by atoms with Gasteiger partial charge >= 0.3 is 5.97 Å². The standard InChI is InChI=1S/C15H20O6S/c1-7(2)15(17)20-6-11(16)8(3)13-9-4-10-12(5-9)22(18,19)21-14(10)13/h8-10,12-14H,1,4-6H2,2-3H3/t8-,9?,10?,12?,13?,14?/m0/s1. The third-order valence-electron chi connectivity index (χ3n) is 5.33. The lowest BCUT2D eigenvalue weighted by molar-refractivity contribution is -0.146. The molecule has 6 nitrogen and oxygen atoms in total. The van der Waals surface area contributed by atoms with Crippen molar-refractivity contribution in [2.75, 3.05) is 6.61 Å². The molecule has 1 saturated heterocycles. The van der Waals surface area contributed by atoms with E-state index in [9.17, 15) is 18.0 Å². The molecular weight excluding hydrogens is 308 g/mol. The van der Waals surface area contributed by atoms with E-state index in [0.29, 0.717) is 6.42 Å². The number of fused-ring (bicyclic) bond motifs is 1. The van der Waals surface area contributed by atoms with Crippen molar-refractivity contribution >= 4 is 21.9 Å². The molecule has 0 radical (unpaired) electrons. The van der Waals surface area contributed by atoms with Crippen LogP contribution in [0.15, 0.2) is 12.2 Å². The molecule has 6 atom stereocenters. The first-order valence-corrected chi connectivity index (χ1v) is 8.97. The summed E-state index contributed by atoms with van der Waals surface area (Å²) in [5.74, 6) is -1.05. The minimum atomic E-state index is -3.47. The van der Waals surface area contributed by atoms with Gasteiger partial charge in [-0.25, -0.2) is 4.79 Å². The van der Waals surface area contributed by atoms with E-state index in [0.717, 1.165) is 6.42 Å². The van der Waals surface area contributed by atoms with Crippen molar-refractivity contribution in [3.8, 4) is 0 Å². The summed E-state index contributed by atoms with van der Waals surface area (Å²) in [6.07, 6.45) is 1.00. The van der Waals surface area contributed by atoms with Gasteiger partial charge in [0.25, 0.3) is 10.1 Å². The highest BCUT2D eigenvalue weighted by molar-refractivity contribution is 7.87. The van der Waals surface area contributed by atoms with E-state index in [1.165, 1.54) is 6.92 Å². The van der Waals surface area contributed by atoms with Gasteiger partial charge in [0.15, 0.2) is 12.4 Å². The summed E-state index contributed by atoms with van der Waals surface area (Å²) in [4.78, 5) is 23.6. The average Bonchev–Trinajstić information content (AvgIpc) is 3.04.